The summed E-state index contributed by atoms with van der Waals surface area (Å²) in [6, 6.07) is 13.2. The zero-order chi connectivity index (χ0) is 13.1. The van der Waals surface area contributed by atoms with Crippen molar-refractivity contribution >= 4 is 5.69 Å². The summed E-state index contributed by atoms with van der Waals surface area (Å²) in [5.41, 5.74) is 8.01. The lowest BCUT2D eigenvalue weighted by Gasteiger charge is -2.05. The molecule has 0 aliphatic carbocycles. The van der Waals surface area contributed by atoms with Crippen molar-refractivity contribution in [3.63, 3.8) is 0 Å². The van der Waals surface area contributed by atoms with E-state index in [-0.39, 0.29) is 0 Å². The predicted octanol–water partition coefficient (Wildman–Crippen LogP) is 2.85. The fourth-order valence-corrected chi connectivity index (χ4v) is 1.72. The number of aromatic nitrogens is 3. The van der Waals surface area contributed by atoms with Crippen molar-refractivity contribution in [3.05, 3.63) is 54.9 Å². The highest BCUT2D eigenvalue weighted by molar-refractivity contribution is 5.71. The van der Waals surface area contributed by atoms with E-state index in [4.69, 9.17) is 10.5 Å². The van der Waals surface area contributed by atoms with Crippen LogP contribution in [-0.4, -0.2) is 15.2 Å². The summed E-state index contributed by atoms with van der Waals surface area (Å²) in [7, 11) is 0. The first kappa shape index (κ1) is 11.3. The highest BCUT2D eigenvalue weighted by Crippen LogP contribution is 2.25. The number of para-hydroxylation sites is 1. The molecule has 0 atom stereocenters. The Labute approximate surface area is 110 Å². The molecule has 0 spiro atoms. The summed E-state index contributed by atoms with van der Waals surface area (Å²) in [6.45, 7) is 0. The standard InChI is InChI=1S/C14H12N4O/c15-12-9-17-18-14(12)10-6-7-13(16-8-10)19-11-4-2-1-3-5-11/h1-9H,15H2,(H,17,18). The van der Waals surface area contributed by atoms with Gasteiger partial charge in [-0.05, 0) is 18.2 Å². The Morgan fingerprint density at radius 2 is 1.84 bits per heavy atom. The first-order valence-corrected chi connectivity index (χ1v) is 5.81. The minimum Gasteiger partial charge on any atom is -0.439 e. The van der Waals surface area contributed by atoms with Crippen LogP contribution in [0.3, 0.4) is 0 Å². The van der Waals surface area contributed by atoms with Gasteiger partial charge in [-0.15, -0.1) is 0 Å². The van der Waals surface area contributed by atoms with Gasteiger partial charge in [-0.3, -0.25) is 5.10 Å². The maximum atomic E-state index is 5.78. The summed E-state index contributed by atoms with van der Waals surface area (Å²) in [4.78, 5) is 4.25. The maximum Gasteiger partial charge on any atom is 0.219 e. The van der Waals surface area contributed by atoms with Gasteiger partial charge in [0.25, 0.3) is 0 Å². The normalized spacial score (nSPS) is 10.3. The molecule has 0 fully saturated rings. The number of nitrogens with zero attached hydrogens (tertiary/aromatic N) is 2. The van der Waals surface area contributed by atoms with Crippen molar-refractivity contribution in [1.82, 2.24) is 15.2 Å². The van der Waals surface area contributed by atoms with Crippen LogP contribution in [-0.2, 0) is 0 Å². The zero-order valence-electron chi connectivity index (χ0n) is 10.1. The quantitative estimate of drug-likeness (QED) is 0.751. The van der Waals surface area contributed by atoms with Gasteiger partial charge in [0.1, 0.15) is 5.75 Å². The molecule has 0 saturated heterocycles. The number of hydrogen-bond acceptors (Lipinski definition) is 4. The van der Waals surface area contributed by atoms with E-state index in [0.717, 1.165) is 17.0 Å². The van der Waals surface area contributed by atoms with Crippen LogP contribution in [0.5, 0.6) is 11.6 Å². The topological polar surface area (TPSA) is 76.8 Å². The molecule has 3 rings (SSSR count). The Morgan fingerprint density at radius 1 is 1.00 bits per heavy atom. The van der Waals surface area contributed by atoms with E-state index in [2.05, 4.69) is 15.2 Å². The second-order valence-corrected chi connectivity index (χ2v) is 4.00. The van der Waals surface area contributed by atoms with Gasteiger partial charge in [0.2, 0.25) is 5.88 Å². The average molecular weight is 252 g/mol. The van der Waals surface area contributed by atoms with Crippen molar-refractivity contribution < 1.29 is 4.74 Å². The highest BCUT2D eigenvalue weighted by Gasteiger charge is 2.05. The van der Waals surface area contributed by atoms with Crippen LogP contribution in [0.15, 0.2) is 54.9 Å². The number of nitrogens with one attached hydrogen (secondary N) is 1. The molecule has 0 unspecified atom stereocenters. The van der Waals surface area contributed by atoms with E-state index in [1.807, 2.05) is 36.4 Å². The molecule has 3 N–H and O–H groups in total. The molecular formula is C14H12N4O. The van der Waals surface area contributed by atoms with Crippen molar-refractivity contribution in [2.45, 2.75) is 0 Å². The summed E-state index contributed by atoms with van der Waals surface area (Å²) in [6.07, 6.45) is 3.27. The molecule has 0 radical (unpaired) electrons. The monoisotopic (exact) mass is 252 g/mol. The fraction of sp³-hybridized carbons (Fsp3) is 0. The summed E-state index contributed by atoms with van der Waals surface area (Å²) >= 11 is 0. The molecule has 5 nitrogen and oxygen atoms in total. The van der Waals surface area contributed by atoms with Gasteiger partial charge in [-0.25, -0.2) is 4.98 Å². The third-order valence-electron chi connectivity index (χ3n) is 2.66. The van der Waals surface area contributed by atoms with Crippen LogP contribution in [0.1, 0.15) is 0 Å². The van der Waals surface area contributed by atoms with Gasteiger partial charge >= 0.3 is 0 Å². The van der Waals surface area contributed by atoms with Gasteiger partial charge in [0, 0.05) is 17.8 Å². The van der Waals surface area contributed by atoms with Gasteiger partial charge in [0.15, 0.2) is 0 Å². The lowest BCUT2D eigenvalue weighted by molar-refractivity contribution is 0.463. The second kappa shape index (κ2) is 4.81. The molecule has 3 aromatic rings. The Hall–Kier alpha value is -2.82. The lowest BCUT2D eigenvalue weighted by atomic mass is 10.2. The molecule has 0 aliphatic heterocycles. The number of rotatable bonds is 3. The Balaban J connectivity index is 1.82. The van der Waals surface area contributed by atoms with E-state index < -0.39 is 0 Å². The zero-order valence-corrected chi connectivity index (χ0v) is 10.1. The minimum absolute atomic E-state index is 0.535. The van der Waals surface area contributed by atoms with E-state index >= 15 is 0 Å². The van der Waals surface area contributed by atoms with E-state index in [1.165, 1.54) is 0 Å². The molecule has 94 valence electrons. The number of aromatic amines is 1. The molecule has 0 saturated carbocycles. The Kier molecular flexibility index (Phi) is 2.86. The van der Waals surface area contributed by atoms with Gasteiger partial charge in [0.05, 0.1) is 17.6 Å². The number of nitrogens with two attached hydrogens (primary N) is 1. The number of nitrogen functional groups attached to an aromatic ring is 1. The molecule has 1 aromatic carbocycles. The SMILES string of the molecule is Nc1cn[nH]c1-c1ccc(Oc2ccccc2)nc1. The second-order valence-electron chi connectivity index (χ2n) is 4.00. The number of hydrogen-bond donors (Lipinski definition) is 2. The third-order valence-corrected chi connectivity index (χ3v) is 2.66. The van der Waals surface area contributed by atoms with Crippen LogP contribution < -0.4 is 10.5 Å². The smallest absolute Gasteiger partial charge is 0.219 e. The fourth-order valence-electron chi connectivity index (χ4n) is 1.72. The maximum absolute atomic E-state index is 5.78. The molecule has 2 aromatic heterocycles. The molecular weight excluding hydrogens is 240 g/mol. The van der Waals surface area contributed by atoms with Crippen LogP contribution in [0, 0.1) is 0 Å². The molecule has 0 bridgehead atoms. The van der Waals surface area contributed by atoms with Gasteiger partial charge < -0.3 is 10.5 Å². The van der Waals surface area contributed by atoms with Crippen LogP contribution >= 0.6 is 0 Å². The largest absolute Gasteiger partial charge is 0.439 e. The third kappa shape index (κ3) is 2.40. The number of pyridine rings is 1. The van der Waals surface area contributed by atoms with Gasteiger partial charge in [-0.2, -0.15) is 5.10 Å². The first-order valence-electron chi connectivity index (χ1n) is 5.81. The van der Waals surface area contributed by atoms with E-state index in [9.17, 15) is 0 Å². The predicted molar refractivity (Wildman–Crippen MR) is 72.7 cm³/mol. The number of anilines is 1. The van der Waals surface area contributed by atoms with E-state index in [1.54, 1.807) is 18.5 Å². The average Bonchev–Trinajstić information content (AvgIpc) is 2.87. The lowest BCUT2D eigenvalue weighted by Crippen LogP contribution is -1.90. The van der Waals surface area contributed by atoms with Crippen LogP contribution in [0.25, 0.3) is 11.3 Å². The van der Waals surface area contributed by atoms with E-state index in [0.29, 0.717) is 11.6 Å². The molecule has 5 heteroatoms. The molecule has 0 amide bonds. The van der Waals surface area contributed by atoms with Crippen molar-refractivity contribution in [2.75, 3.05) is 5.73 Å². The summed E-state index contributed by atoms with van der Waals surface area (Å²) < 4.78 is 5.61. The Bertz CT molecular complexity index is 661. The van der Waals surface area contributed by atoms with Crippen LogP contribution in [0.4, 0.5) is 5.69 Å². The first-order chi connectivity index (χ1) is 9.33. The van der Waals surface area contributed by atoms with Crippen molar-refractivity contribution in [3.8, 4) is 22.9 Å². The molecule has 19 heavy (non-hydrogen) atoms. The summed E-state index contributed by atoms with van der Waals surface area (Å²) in [5, 5.41) is 6.71. The number of benzene rings is 1. The van der Waals surface area contributed by atoms with Crippen LogP contribution in [0.2, 0.25) is 0 Å². The summed E-state index contributed by atoms with van der Waals surface area (Å²) in [5.74, 6) is 1.29. The minimum atomic E-state index is 0.535. The number of ether oxygens (including phenoxy) is 1. The highest BCUT2D eigenvalue weighted by atomic mass is 16.5. The Morgan fingerprint density at radius 3 is 2.47 bits per heavy atom. The van der Waals surface area contributed by atoms with Crippen molar-refractivity contribution in [2.24, 2.45) is 0 Å². The van der Waals surface area contributed by atoms with Gasteiger partial charge in [-0.1, -0.05) is 18.2 Å². The van der Waals surface area contributed by atoms with Crippen molar-refractivity contribution in [1.29, 1.82) is 0 Å². The molecule has 0 aliphatic rings. The molecule has 2 heterocycles. The number of H-pyrrole nitrogens is 1.